The lowest BCUT2D eigenvalue weighted by atomic mass is 10.3. The highest BCUT2D eigenvalue weighted by molar-refractivity contribution is 8.16. The van der Waals surface area contributed by atoms with Gasteiger partial charge in [-0.2, -0.15) is 8.42 Å². The second-order valence-corrected chi connectivity index (χ2v) is 7.80. The lowest BCUT2D eigenvalue weighted by Crippen LogP contribution is -2.54. The van der Waals surface area contributed by atoms with Crippen molar-refractivity contribution in [1.82, 2.24) is 0 Å². The molecule has 0 heterocycles. The number of hydrogen-bond donors (Lipinski definition) is 3. The summed E-state index contributed by atoms with van der Waals surface area (Å²) in [6.07, 6.45) is 0. The molecule has 0 aliphatic heterocycles. The van der Waals surface area contributed by atoms with Crippen LogP contribution in [-0.4, -0.2) is 56.0 Å². The fraction of sp³-hybridized carbons (Fsp3) is 0.750. The summed E-state index contributed by atoms with van der Waals surface area (Å²) in [4.78, 5) is 22.3. The molecule has 18 heavy (non-hydrogen) atoms. The summed E-state index contributed by atoms with van der Waals surface area (Å²) in [5.74, 6) is -3.25. The maximum Gasteiger partial charge on any atom is 0.339 e. The number of thioether (sulfide) groups is 2. The van der Waals surface area contributed by atoms with Crippen molar-refractivity contribution in [1.29, 1.82) is 0 Å². The highest BCUT2D eigenvalue weighted by Gasteiger charge is 2.60. The van der Waals surface area contributed by atoms with E-state index in [2.05, 4.69) is 0 Å². The first kappa shape index (κ1) is 17.6. The molecule has 0 aliphatic carbocycles. The Labute approximate surface area is 113 Å². The first-order valence-corrected chi connectivity index (χ1v) is 8.31. The highest BCUT2D eigenvalue weighted by atomic mass is 32.3. The van der Waals surface area contributed by atoms with Gasteiger partial charge in [0.2, 0.25) is 0 Å². The minimum absolute atomic E-state index is 0.0279. The molecule has 7 nitrogen and oxygen atoms in total. The molecule has 0 fully saturated rings. The molecule has 0 aromatic carbocycles. The van der Waals surface area contributed by atoms with Crippen LogP contribution in [-0.2, 0) is 19.7 Å². The van der Waals surface area contributed by atoms with E-state index in [-0.39, 0.29) is 11.5 Å². The molecule has 0 bridgehead atoms. The number of aliphatic carboxylic acids is 2. The Morgan fingerprint density at radius 1 is 1.22 bits per heavy atom. The molecule has 2 atom stereocenters. The molecule has 0 aliphatic rings. The highest BCUT2D eigenvalue weighted by Crippen LogP contribution is 2.40. The molecular weight excluding hydrogens is 304 g/mol. The third kappa shape index (κ3) is 3.31. The van der Waals surface area contributed by atoms with Gasteiger partial charge in [-0.15, -0.1) is 23.5 Å². The van der Waals surface area contributed by atoms with Crippen molar-refractivity contribution in [3.8, 4) is 0 Å². The number of rotatable bonds is 8. The van der Waals surface area contributed by atoms with Crippen molar-refractivity contribution in [3.63, 3.8) is 0 Å². The van der Waals surface area contributed by atoms with Crippen molar-refractivity contribution in [2.45, 2.75) is 23.2 Å². The van der Waals surface area contributed by atoms with Crippen LogP contribution in [0.2, 0.25) is 0 Å². The maximum absolute atomic E-state index is 11.4. The summed E-state index contributed by atoms with van der Waals surface area (Å²) in [5.41, 5.74) is 0. The molecule has 0 saturated carbocycles. The summed E-state index contributed by atoms with van der Waals surface area (Å²) >= 11 is 1.02. The Morgan fingerprint density at radius 2 is 1.72 bits per heavy atom. The summed E-state index contributed by atoms with van der Waals surface area (Å²) in [7, 11) is -5.09. The molecule has 0 aromatic rings. The van der Waals surface area contributed by atoms with Crippen LogP contribution >= 0.6 is 23.5 Å². The van der Waals surface area contributed by atoms with Gasteiger partial charge in [-0.1, -0.05) is 13.8 Å². The quantitative estimate of drug-likeness (QED) is 0.551. The summed E-state index contributed by atoms with van der Waals surface area (Å²) in [6.45, 7) is 3.04. The predicted octanol–water partition coefficient (Wildman–Crippen LogP) is 0.615. The van der Waals surface area contributed by atoms with Gasteiger partial charge in [0, 0.05) is 0 Å². The maximum atomic E-state index is 11.4. The van der Waals surface area contributed by atoms with E-state index in [0.29, 0.717) is 23.5 Å². The summed E-state index contributed by atoms with van der Waals surface area (Å²) < 4.78 is 29.1. The number of carboxylic acid groups (broad SMARTS) is 2. The van der Waals surface area contributed by atoms with Gasteiger partial charge in [0.25, 0.3) is 14.2 Å². The number of hydrogen-bond acceptors (Lipinski definition) is 6. The average Bonchev–Trinajstić information content (AvgIpc) is 2.20. The van der Waals surface area contributed by atoms with Gasteiger partial charge in [0.1, 0.15) is 5.25 Å². The Morgan fingerprint density at radius 3 is 1.94 bits per heavy atom. The normalized spacial score (nSPS) is 16.8. The van der Waals surface area contributed by atoms with E-state index in [1.165, 1.54) is 6.92 Å². The van der Waals surface area contributed by atoms with Crippen LogP contribution in [0.15, 0.2) is 0 Å². The van der Waals surface area contributed by atoms with E-state index < -0.39 is 31.4 Å². The SMILES string of the molecule is CCSC(C(=O)O)C(SCC)(C(=O)O)S(=O)(=O)O. The van der Waals surface area contributed by atoms with Crippen molar-refractivity contribution >= 4 is 45.6 Å². The zero-order chi connectivity index (χ0) is 14.6. The Bertz CT molecular complexity index is 418. The smallest absolute Gasteiger partial charge is 0.339 e. The van der Waals surface area contributed by atoms with Crippen molar-refractivity contribution in [2.24, 2.45) is 0 Å². The Hall–Kier alpha value is -0.450. The standard InChI is InChI=1S/C8H14O7S3/c1-3-16-5(6(9)10)8(7(11)12,17-4-2)18(13,14)15/h5H,3-4H2,1-2H3,(H,9,10)(H,11,12)(H,13,14,15). The van der Waals surface area contributed by atoms with Crippen LogP contribution < -0.4 is 0 Å². The number of carbonyl (C=O) groups is 2. The minimum Gasteiger partial charge on any atom is -0.480 e. The Balaban J connectivity index is 5.98. The second kappa shape index (κ2) is 6.64. The van der Waals surface area contributed by atoms with Crippen LogP contribution in [0.25, 0.3) is 0 Å². The fourth-order valence-corrected chi connectivity index (χ4v) is 5.41. The summed E-state index contributed by atoms with van der Waals surface area (Å²) in [6, 6.07) is 0. The zero-order valence-corrected chi connectivity index (χ0v) is 12.1. The van der Waals surface area contributed by atoms with E-state index in [9.17, 15) is 18.0 Å². The predicted molar refractivity (Wildman–Crippen MR) is 69.6 cm³/mol. The van der Waals surface area contributed by atoms with Crippen LogP contribution in [0.1, 0.15) is 13.8 Å². The van der Waals surface area contributed by atoms with Gasteiger partial charge in [-0.05, 0) is 11.5 Å². The fourth-order valence-electron chi connectivity index (χ4n) is 1.29. The largest absolute Gasteiger partial charge is 0.480 e. The first-order valence-electron chi connectivity index (χ1n) is 4.83. The zero-order valence-electron chi connectivity index (χ0n) is 9.69. The van der Waals surface area contributed by atoms with Crippen LogP contribution in [0.4, 0.5) is 0 Å². The van der Waals surface area contributed by atoms with Crippen LogP contribution in [0.3, 0.4) is 0 Å². The summed E-state index contributed by atoms with van der Waals surface area (Å²) in [5, 5.41) is 16.3. The van der Waals surface area contributed by atoms with Gasteiger partial charge < -0.3 is 10.2 Å². The molecule has 106 valence electrons. The van der Waals surface area contributed by atoms with Crippen molar-refractivity contribution in [3.05, 3.63) is 0 Å². The van der Waals surface area contributed by atoms with Gasteiger partial charge in [-0.3, -0.25) is 9.35 Å². The van der Waals surface area contributed by atoms with E-state index in [0.717, 1.165) is 0 Å². The molecule has 3 N–H and O–H groups in total. The topological polar surface area (TPSA) is 129 Å². The average molecular weight is 318 g/mol. The van der Waals surface area contributed by atoms with Crippen LogP contribution in [0, 0.1) is 0 Å². The third-order valence-electron chi connectivity index (χ3n) is 1.94. The molecule has 0 radical (unpaired) electrons. The molecule has 0 rings (SSSR count). The second-order valence-electron chi connectivity index (χ2n) is 3.05. The van der Waals surface area contributed by atoms with E-state index in [4.69, 9.17) is 14.8 Å². The van der Waals surface area contributed by atoms with Crippen molar-refractivity contribution in [2.75, 3.05) is 11.5 Å². The molecule has 0 amide bonds. The molecule has 2 unspecified atom stereocenters. The van der Waals surface area contributed by atoms with Gasteiger partial charge >= 0.3 is 11.9 Å². The number of carboxylic acids is 2. The van der Waals surface area contributed by atoms with E-state index in [1.54, 1.807) is 6.92 Å². The van der Waals surface area contributed by atoms with Gasteiger partial charge in [0.05, 0.1) is 0 Å². The third-order valence-corrected chi connectivity index (χ3v) is 6.75. The minimum atomic E-state index is -5.09. The van der Waals surface area contributed by atoms with Crippen LogP contribution in [0.5, 0.6) is 0 Å². The monoisotopic (exact) mass is 318 g/mol. The van der Waals surface area contributed by atoms with E-state index >= 15 is 0 Å². The lowest BCUT2D eigenvalue weighted by molar-refractivity contribution is -0.143. The molecule has 10 heteroatoms. The molecular formula is C8H14O7S3. The first-order chi connectivity index (χ1) is 8.15. The molecule has 0 aromatic heterocycles. The van der Waals surface area contributed by atoms with Crippen molar-refractivity contribution < 1.29 is 32.8 Å². The molecule has 0 spiro atoms. The van der Waals surface area contributed by atoms with Gasteiger partial charge in [-0.25, -0.2) is 4.79 Å². The lowest BCUT2D eigenvalue weighted by Gasteiger charge is -2.30. The van der Waals surface area contributed by atoms with Gasteiger partial charge in [0.15, 0.2) is 0 Å². The molecule has 0 saturated heterocycles. The Kier molecular flexibility index (Phi) is 6.47. The van der Waals surface area contributed by atoms with E-state index in [1.807, 2.05) is 0 Å².